The summed E-state index contributed by atoms with van der Waals surface area (Å²) in [4.78, 5) is 24.8. The molecule has 4 aliphatic rings. The van der Waals surface area contributed by atoms with Gasteiger partial charge < -0.3 is 5.11 Å². The number of carbonyl (C=O) groups excluding carboxylic acids is 1. The minimum atomic E-state index is -0.673. The zero-order valence-corrected chi connectivity index (χ0v) is 18.2. The fourth-order valence-electron chi connectivity index (χ4n) is 8.80. The monoisotopic (exact) mass is 388 g/mol. The average Bonchev–Trinajstić information content (AvgIpc) is 2.99. The maximum absolute atomic E-state index is 13.8. The first kappa shape index (κ1) is 20.4. The van der Waals surface area contributed by atoms with Crippen LogP contribution in [0.3, 0.4) is 0 Å². The Kier molecular flexibility index (Phi) is 5.42. The molecule has 5 unspecified atom stereocenters. The Morgan fingerprint density at radius 2 is 1.75 bits per heavy atom. The summed E-state index contributed by atoms with van der Waals surface area (Å²) in [5, 5.41) is 9.02. The van der Waals surface area contributed by atoms with Gasteiger partial charge in [-0.15, -0.1) is 0 Å². The molecule has 0 aromatic rings. The van der Waals surface area contributed by atoms with Crippen LogP contribution in [-0.4, -0.2) is 16.9 Å². The van der Waals surface area contributed by atoms with Gasteiger partial charge in [0.25, 0.3) is 0 Å². The first-order valence-electron chi connectivity index (χ1n) is 12.1. The topological polar surface area (TPSA) is 54.4 Å². The van der Waals surface area contributed by atoms with Gasteiger partial charge in [-0.3, -0.25) is 9.59 Å². The first-order valence-corrected chi connectivity index (χ1v) is 12.1. The fraction of sp³-hybridized carbons (Fsp3) is 0.920. The van der Waals surface area contributed by atoms with Crippen molar-refractivity contribution < 1.29 is 14.7 Å². The van der Waals surface area contributed by atoms with Gasteiger partial charge in [-0.05, 0) is 92.3 Å². The number of carbonyl (C=O) groups is 2. The molecule has 3 nitrogen and oxygen atoms in total. The van der Waals surface area contributed by atoms with Crippen molar-refractivity contribution in [2.24, 2.45) is 46.3 Å². The van der Waals surface area contributed by atoms with Gasteiger partial charge in [0.1, 0.15) is 5.78 Å². The molecule has 1 N–H and O–H groups in total. The number of carboxylic acid groups (broad SMARTS) is 1. The third-order valence-electron chi connectivity index (χ3n) is 10.2. The van der Waals surface area contributed by atoms with E-state index in [2.05, 4.69) is 20.8 Å². The van der Waals surface area contributed by atoms with E-state index in [9.17, 15) is 9.59 Å². The number of carboxylic acids is 1. The molecule has 8 atom stereocenters. The predicted octanol–water partition coefficient (Wildman–Crippen LogP) is 6.11. The highest BCUT2D eigenvalue weighted by Gasteiger charge is 2.63. The molecule has 0 heterocycles. The number of ketones is 1. The Morgan fingerprint density at radius 1 is 1.00 bits per heavy atom. The van der Waals surface area contributed by atoms with Crippen LogP contribution >= 0.6 is 0 Å². The van der Waals surface area contributed by atoms with Gasteiger partial charge in [0.05, 0.1) is 0 Å². The first-order chi connectivity index (χ1) is 13.3. The van der Waals surface area contributed by atoms with Gasteiger partial charge in [0.2, 0.25) is 0 Å². The molecule has 0 bridgehead atoms. The molecule has 0 aromatic carbocycles. The van der Waals surface area contributed by atoms with Gasteiger partial charge in [0.15, 0.2) is 0 Å². The maximum Gasteiger partial charge on any atom is 0.303 e. The van der Waals surface area contributed by atoms with Crippen LogP contribution in [0.5, 0.6) is 0 Å². The van der Waals surface area contributed by atoms with Crippen LogP contribution in [0.15, 0.2) is 0 Å². The minimum absolute atomic E-state index is 0.255. The number of hydrogen-bond acceptors (Lipinski definition) is 2. The molecule has 158 valence electrons. The quantitative estimate of drug-likeness (QED) is 0.618. The van der Waals surface area contributed by atoms with Crippen molar-refractivity contribution in [3.05, 3.63) is 0 Å². The lowest BCUT2D eigenvalue weighted by Gasteiger charge is -2.61. The lowest BCUT2D eigenvalue weighted by atomic mass is 9.42. The molecule has 4 rings (SSSR count). The molecular weight excluding hydrogens is 348 g/mol. The van der Waals surface area contributed by atoms with Crippen LogP contribution in [0.2, 0.25) is 0 Å². The lowest BCUT2D eigenvalue weighted by Crippen LogP contribution is -2.59. The van der Waals surface area contributed by atoms with Crippen LogP contribution in [0.25, 0.3) is 0 Å². The molecule has 28 heavy (non-hydrogen) atoms. The second-order valence-corrected chi connectivity index (χ2v) is 11.1. The van der Waals surface area contributed by atoms with Gasteiger partial charge in [-0.25, -0.2) is 0 Å². The van der Waals surface area contributed by atoms with E-state index in [1.807, 2.05) is 0 Å². The van der Waals surface area contributed by atoms with Crippen molar-refractivity contribution in [1.29, 1.82) is 0 Å². The van der Waals surface area contributed by atoms with Crippen molar-refractivity contribution in [1.82, 2.24) is 0 Å². The van der Waals surface area contributed by atoms with Crippen LogP contribution in [0, 0.1) is 46.3 Å². The van der Waals surface area contributed by atoms with Gasteiger partial charge >= 0.3 is 5.97 Å². The highest BCUT2D eigenvalue weighted by atomic mass is 16.4. The smallest absolute Gasteiger partial charge is 0.303 e. The standard InChI is InChI=1S/C25H40O3/c1-4-17-18-9-5-6-14-25(18,3)20-13-15-24(2)16(8-7-10-21(26)27)11-12-19(24)22(20)23(17)28/h16-20,22H,4-15H2,1-3H3,(H,26,27)/t16?,17-,18?,19+,20+,22?,24?,25?/m1/s1. The molecule has 0 aromatic heterocycles. The molecule has 4 aliphatic carbocycles. The number of hydrogen-bond donors (Lipinski definition) is 1. The van der Waals surface area contributed by atoms with Crippen molar-refractivity contribution >= 4 is 11.8 Å². The van der Waals surface area contributed by atoms with E-state index in [4.69, 9.17) is 5.11 Å². The summed E-state index contributed by atoms with van der Waals surface area (Å²) < 4.78 is 0. The Labute approximate surface area is 171 Å². The number of Topliss-reactive ketones (excluding diaryl/α,β-unsaturated/α-hetero) is 1. The summed E-state index contributed by atoms with van der Waals surface area (Å²) in [5.41, 5.74) is 0.631. The van der Waals surface area contributed by atoms with Crippen molar-refractivity contribution in [3.8, 4) is 0 Å². The third-order valence-corrected chi connectivity index (χ3v) is 10.2. The van der Waals surface area contributed by atoms with E-state index in [1.54, 1.807) is 0 Å². The summed E-state index contributed by atoms with van der Waals surface area (Å²) in [6.07, 6.45) is 13.3. The number of fused-ring (bicyclic) bond motifs is 5. The van der Waals surface area contributed by atoms with E-state index in [-0.39, 0.29) is 11.3 Å². The SMILES string of the molecule is CC[C@H]1C(=O)C2[C@@H]3CCC(CCCC(=O)O)C3(C)CC[C@@H]2C2(C)CCCCC12. The summed E-state index contributed by atoms with van der Waals surface area (Å²) in [6, 6.07) is 0. The van der Waals surface area contributed by atoms with E-state index >= 15 is 0 Å². The Hall–Kier alpha value is -0.860. The van der Waals surface area contributed by atoms with Crippen LogP contribution in [-0.2, 0) is 9.59 Å². The Balaban J connectivity index is 1.59. The number of rotatable bonds is 5. The minimum Gasteiger partial charge on any atom is -0.481 e. The third kappa shape index (κ3) is 2.98. The predicted molar refractivity (Wildman–Crippen MR) is 111 cm³/mol. The van der Waals surface area contributed by atoms with Crippen molar-refractivity contribution in [3.63, 3.8) is 0 Å². The number of aliphatic carboxylic acids is 1. The highest BCUT2D eigenvalue weighted by Crippen LogP contribution is 2.68. The molecule has 0 amide bonds. The van der Waals surface area contributed by atoms with Crippen molar-refractivity contribution in [2.75, 3.05) is 0 Å². The van der Waals surface area contributed by atoms with Crippen LogP contribution in [0.4, 0.5) is 0 Å². The molecule has 4 fully saturated rings. The maximum atomic E-state index is 13.8. The fourth-order valence-corrected chi connectivity index (χ4v) is 8.80. The van der Waals surface area contributed by atoms with Crippen LogP contribution in [0.1, 0.15) is 97.8 Å². The molecule has 0 saturated heterocycles. The second kappa shape index (κ2) is 7.43. The molecule has 0 aliphatic heterocycles. The normalized spacial score (nSPS) is 47.9. The Bertz CT molecular complexity index is 627. The molecule has 4 saturated carbocycles. The zero-order chi connectivity index (χ0) is 20.1. The van der Waals surface area contributed by atoms with E-state index < -0.39 is 5.97 Å². The summed E-state index contributed by atoms with van der Waals surface area (Å²) >= 11 is 0. The molecule has 0 spiro atoms. The van der Waals surface area contributed by atoms with Gasteiger partial charge in [-0.2, -0.15) is 0 Å². The van der Waals surface area contributed by atoms with Crippen molar-refractivity contribution in [2.45, 2.75) is 97.8 Å². The zero-order valence-electron chi connectivity index (χ0n) is 18.2. The average molecular weight is 389 g/mol. The summed E-state index contributed by atoms with van der Waals surface area (Å²) in [6.45, 7) is 7.24. The van der Waals surface area contributed by atoms with E-state index in [0.717, 1.165) is 19.3 Å². The summed E-state index contributed by atoms with van der Waals surface area (Å²) in [5.74, 6) is 2.91. The van der Waals surface area contributed by atoms with Gasteiger partial charge in [-0.1, -0.05) is 33.6 Å². The highest BCUT2D eigenvalue weighted by molar-refractivity contribution is 5.86. The second-order valence-electron chi connectivity index (χ2n) is 11.1. The Morgan fingerprint density at radius 3 is 2.46 bits per heavy atom. The lowest BCUT2D eigenvalue weighted by molar-refractivity contribution is -0.167. The van der Waals surface area contributed by atoms with Gasteiger partial charge in [0, 0.05) is 18.3 Å². The van der Waals surface area contributed by atoms with E-state index in [1.165, 1.54) is 51.4 Å². The largest absolute Gasteiger partial charge is 0.481 e. The molecule has 0 radical (unpaired) electrons. The van der Waals surface area contributed by atoms with E-state index in [0.29, 0.717) is 47.2 Å². The molecular formula is C25H40O3. The summed E-state index contributed by atoms with van der Waals surface area (Å²) in [7, 11) is 0. The van der Waals surface area contributed by atoms with Crippen LogP contribution < -0.4 is 0 Å². The molecule has 3 heteroatoms.